The third kappa shape index (κ3) is 2.55. The number of hydrogen-bond acceptors (Lipinski definition) is 4. The highest BCUT2D eigenvalue weighted by Crippen LogP contribution is 2.17. The number of ether oxygens (including phenoxy) is 1. The van der Waals surface area contributed by atoms with Gasteiger partial charge < -0.3 is 10.5 Å². The van der Waals surface area contributed by atoms with Crippen LogP contribution in [0.1, 0.15) is 12.8 Å². The van der Waals surface area contributed by atoms with Crippen molar-refractivity contribution >= 4 is 22.6 Å². The number of esters is 1. The number of methoxy groups -OCH3 is 1. The van der Waals surface area contributed by atoms with Crippen LogP contribution in [-0.2, 0) is 16.1 Å². The SMILES string of the molecule is COC(=O)CCCn1ncc2ccc(N)cc21. The second-order valence-electron chi connectivity index (χ2n) is 3.87. The second kappa shape index (κ2) is 4.86. The predicted octanol–water partition coefficient (Wildman–Crippen LogP) is 1.57. The van der Waals surface area contributed by atoms with Crippen molar-refractivity contribution in [1.82, 2.24) is 9.78 Å². The molecule has 2 aromatic rings. The largest absolute Gasteiger partial charge is 0.469 e. The number of benzene rings is 1. The van der Waals surface area contributed by atoms with E-state index in [4.69, 9.17) is 5.73 Å². The van der Waals surface area contributed by atoms with E-state index < -0.39 is 0 Å². The lowest BCUT2D eigenvalue weighted by atomic mass is 10.2. The summed E-state index contributed by atoms with van der Waals surface area (Å²) < 4.78 is 6.44. The van der Waals surface area contributed by atoms with Crippen molar-refractivity contribution in [1.29, 1.82) is 0 Å². The summed E-state index contributed by atoms with van der Waals surface area (Å²) in [6, 6.07) is 5.68. The van der Waals surface area contributed by atoms with E-state index in [9.17, 15) is 4.79 Å². The maximum Gasteiger partial charge on any atom is 0.305 e. The molecule has 2 N–H and O–H groups in total. The van der Waals surface area contributed by atoms with E-state index in [1.54, 1.807) is 6.20 Å². The Hall–Kier alpha value is -2.04. The maximum atomic E-state index is 11.0. The molecule has 17 heavy (non-hydrogen) atoms. The fraction of sp³-hybridized carbons (Fsp3) is 0.333. The second-order valence-corrected chi connectivity index (χ2v) is 3.87. The van der Waals surface area contributed by atoms with Gasteiger partial charge in [-0.3, -0.25) is 9.48 Å². The highest BCUT2D eigenvalue weighted by atomic mass is 16.5. The number of fused-ring (bicyclic) bond motifs is 1. The molecule has 0 fully saturated rings. The summed E-state index contributed by atoms with van der Waals surface area (Å²) in [6.45, 7) is 0.683. The normalized spacial score (nSPS) is 10.6. The first-order valence-electron chi connectivity index (χ1n) is 5.48. The molecule has 5 heteroatoms. The van der Waals surface area contributed by atoms with Crippen LogP contribution in [0.5, 0.6) is 0 Å². The van der Waals surface area contributed by atoms with Crippen LogP contribution in [0.15, 0.2) is 24.4 Å². The Kier molecular flexibility index (Phi) is 3.27. The molecule has 0 unspecified atom stereocenters. The number of carbonyl (C=O) groups excluding carboxylic acids is 1. The van der Waals surface area contributed by atoms with Gasteiger partial charge in [0.15, 0.2) is 0 Å². The van der Waals surface area contributed by atoms with Gasteiger partial charge in [0, 0.05) is 24.0 Å². The molecular formula is C12H15N3O2. The molecule has 0 amide bonds. The summed E-state index contributed by atoms with van der Waals surface area (Å²) in [7, 11) is 1.40. The molecule has 0 aliphatic rings. The van der Waals surface area contributed by atoms with E-state index in [2.05, 4.69) is 9.84 Å². The molecule has 0 saturated heterocycles. The first kappa shape index (κ1) is 11.4. The zero-order valence-electron chi connectivity index (χ0n) is 9.72. The summed E-state index contributed by atoms with van der Waals surface area (Å²) in [5.74, 6) is -0.194. The lowest BCUT2D eigenvalue weighted by Crippen LogP contribution is -2.05. The molecule has 90 valence electrons. The summed E-state index contributed by atoms with van der Waals surface area (Å²) in [5, 5.41) is 5.32. The molecule has 1 aromatic carbocycles. The van der Waals surface area contributed by atoms with Gasteiger partial charge in [0.1, 0.15) is 0 Å². The number of nitrogen functional groups attached to an aromatic ring is 1. The Morgan fingerprint density at radius 2 is 2.35 bits per heavy atom. The number of anilines is 1. The number of aryl methyl sites for hydroxylation is 1. The number of nitrogens with two attached hydrogens (primary N) is 1. The number of hydrogen-bond donors (Lipinski definition) is 1. The van der Waals surface area contributed by atoms with Crippen molar-refractivity contribution in [2.45, 2.75) is 19.4 Å². The summed E-state index contributed by atoms with van der Waals surface area (Å²) in [4.78, 5) is 11.0. The van der Waals surface area contributed by atoms with Gasteiger partial charge in [0.2, 0.25) is 0 Å². The maximum absolute atomic E-state index is 11.0. The minimum Gasteiger partial charge on any atom is -0.469 e. The van der Waals surface area contributed by atoms with Crippen LogP contribution in [-0.4, -0.2) is 22.9 Å². The molecule has 1 aromatic heterocycles. The van der Waals surface area contributed by atoms with Gasteiger partial charge in [-0.2, -0.15) is 5.10 Å². The minimum atomic E-state index is -0.194. The molecule has 0 bridgehead atoms. The quantitative estimate of drug-likeness (QED) is 0.642. The smallest absolute Gasteiger partial charge is 0.305 e. The van der Waals surface area contributed by atoms with E-state index in [1.165, 1.54) is 7.11 Å². The van der Waals surface area contributed by atoms with Crippen LogP contribution in [0.25, 0.3) is 10.9 Å². The molecule has 0 radical (unpaired) electrons. The molecule has 5 nitrogen and oxygen atoms in total. The molecule has 1 heterocycles. The van der Waals surface area contributed by atoms with Crippen LogP contribution < -0.4 is 5.73 Å². The monoisotopic (exact) mass is 233 g/mol. The fourth-order valence-corrected chi connectivity index (χ4v) is 1.74. The topological polar surface area (TPSA) is 70.1 Å². The highest BCUT2D eigenvalue weighted by Gasteiger charge is 2.04. The van der Waals surface area contributed by atoms with Gasteiger partial charge in [0.25, 0.3) is 0 Å². The van der Waals surface area contributed by atoms with Gasteiger partial charge >= 0.3 is 5.97 Å². The van der Waals surface area contributed by atoms with Gasteiger partial charge in [-0.15, -0.1) is 0 Å². The van der Waals surface area contributed by atoms with E-state index in [1.807, 2.05) is 22.9 Å². The lowest BCUT2D eigenvalue weighted by Gasteiger charge is -2.03. The number of rotatable bonds is 4. The third-order valence-electron chi connectivity index (χ3n) is 2.65. The van der Waals surface area contributed by atoms with Crippen molar-refractivity contribution in [3.05, 3.63) is 24.4 Å². The van der Waals surface area contributed by atoms with Gasteiger partial charge in [-0.05, 0) is 24.6 Å². The number of aromatic nitrogens is 2. The van der Waals surface area contributed by atoms with Crippen molar-refractivity contribution in [2.24, 2.45) is 0 Å². The Balaban J connectivity index is 2.08. The average Bonchev–Trinajstić information content (AvgIpc) is 2.72. The first-order valence-corrected chi connectivity index (χ1v) is 5.48. The Morgan fingerprint density at radius 1 is 1.53 bits per heavy atom. The van der Waals surface area contributed by atoms with E-state index in [0.717, 1.165) is 10.9 Å². The molecular weight excluding hydrogens is 218 g/mol. The van der Waals surface area contributed by atoms with Crippen molar-refractivity contribution in [3.63, 3.8) is 0 Å². The van der Waals surface area contributed by atoms with Crippen LogP contribution in [0.3, 0.4) is 0 Å². The molecule has 2 rings (SSSR count). The minimum absolute atomic E-state index is 0.194. The Labute approximate surface area is 99.2 Å². The van der Waals surface area contributed by atoms with E-state index in [0.29, 0.717) is 25.1 Å². The van der Waals surface area contributed by atoms with Gasteiger partial charge in [0.05, 0.1) is 18.8 Å². The van der Waals surface area contributed by atoms with Crippen LogP contribution in [0.2, 0.25) is 0 Å². The summed E-state index contributed by atoms with van der Waals surface area (Å²) in [6.07, 6.45) is 2.91. The summed E-state index contributed by atoms with van der Waals surface area (Å²) in [5.41, 5.74) is 7.45. The first-order chi connectivity index (χ1) is 8.20. The van der Waals surface area contributed by atoms with E-state index in [-0.39, 0.29) is 5.97 Å². The van der Waals surface area contributed by atoms with Gasteiger partial charge in [-0.1, -0.05) is 0 Å². The van der Waals surface area contributed by atoms with Crippen molar-refractivity contribution < 1.29 is 9.53 Å². The van der Waals surface area contributed by atoms with Gasteiger partial charge in [-0.25, -0.2) is 0 Å². The molecule has 0 saturated carbocycles. The van der Waals surface area contributed by atoms with Crippen LogP contribution in [0.4, 0.5) is 5.69 Å². The Bertz CT molecular complexity index is 534. The number of carbonyl (C=O) groups is 1. The molecule has 0 atom stereocenters. The van der Waals surface area contributed by atoms with Crippen LogP contribution in [0, 0.1) is 0 Å². The van der Waals surface area contributed by atoms with Crippen LogP contribution >= 0.6 is 0 Å². The average molecular weight is 233 g/mol. The number of nitrogens with zero attached hydrogens (tertiary/aromatic N) is 2. The standard InChI is InChI=1S/C12H15N3O2/c1-17-12(16)3-2-6-15-11-7-10(13)5-4-9(11)8-14-15/h4-5,7-8H,2-3,6,13H2,1H3. The summed E-state index contributed by atoms with van der Waals surface area (Å²) >= 11 is 0. The Morgan fingerprint density at radius 3 is 3.12 bits per heavy atom. The molecule has 0 aliphatic carbocycles. The highest BCUT2D eigenvalue weighted by molar-refractivity contribution is 5.81. The zero-order valence-corrected chi connectivity index (χ0v) is 9.72. The lowest BCUT2D eigenvalue weighted by molar-refractivity contribution is -0.140. The molecule has 0 spiro atoms. The third-order valence-corrected chi connectivity index (χ3v) is 2.65. The molecule has 0 aliphatic heterocycles. The fourth-order valence-electron chi connectivity index (χ4n) is 1.74. The van der Waals surface area contributed by atoms with Crippen molar-refractivity contribution in [3.8, 4) is 0 Å². The van der Waals surface area contributed by atoms with E-state index >= 15 is 0 Å². The van der Waals surface area contributed by atoms with Crippen molar-refractivity contribution in [2.75, 3.05) is 12.8 Å². The predicted molar refractivity (Wildman–Crippen MR) is 65.4 cm³/mol. The zero-order chi connectivity index (χ0) is 12.3.